The number of rotatable bonds is 4. The van der Waals surface area contributed by atoms with Gasteiger partial charge in [-0.05, 0) is 37.9 Å². The molecule has 2 rings (SSSR count). The van der Waals surface area contributed by atoms with Crippen molar-refractivity contribution >= 4 is 0 Å². The lowest BCUT2D eigenvalue weighted by molar-refractivity contribution is 0.397. The number of hydrogen-bond acceptors (Lipinski definition) is 4. The van der Waals surface area contributed by atoms with Crippen molar-refractivity contribution in [3.05, 3.63) is 23.9 Å². The van der Waals surface area contributed by atoms with Gasteiger partial charge in [-0.2, -0.15) is 0 Å². The lowest BCUT2D eigenvalue weighted by Gasteiger charge is -2.15. The molecule has 4 heteroatoms. The number of nitrogens with one attached hydrogen (secondary N) is 2. The lowest BCUT2D eigenvalue weighted by atomic mass is 10.1. The summed E-state index contributed by atoms with van der Waals surface area (Å²) >= 11 is 0. The Morgan fingerprint density at radius 1 is 1.41 bits per heavy atom. The molecule has 0 saturated carbocycles. The van der Waals surface area contributed by atoms with Crippen LogP contribution in [0.2, 0.25) is 0 Å². The van der Waals surface area contributed by atoms with Crippen LogP contribution < -0.4 is 15.4 Å². The van der Waals surface area contributed by atoms with Crippen LogP contribution in [0.3, 0.4) is 0 Å². The fraction of sp³-hybridized carbons (Fsp3) is 0.615. The average molecular weight is 235 g/mol. The van der Waals surface area contributed by atoms with E-state index in [1.807, 2.05) is 12.3 Å². The van der Waals surface area contributed by atoms with E-state index in [0.29, 0.717) is 11.9 Å². The maximum atomic E-state index is 5.04. The molecule has 2 heterocycles. The van der Waals surface area contributed by atoms with Gasteiger partial charge in [0.15, 0.2) is 0 Å². The van der Waals surface area contributed by atoms with E-state index in [9.17, 15) is 0 Å². The van der Waals surface area contributed by atoms with Crippen molar-refractivity contribution < 1.29 is 4.74 Å². The Labute approximate surface area is 103 Å². The van der Waals surface area contributed by atoms with Gasteiger partial charge >= 0.3 is 0 Å². The summed E-state index contributed by atoms with van der Waals surface area (Å²) < 4.78 is 5.04. The molecule has 1 aliphatic rings. The van der Waals surface area contributed by atoms with Gasteiger partial charge in [-0.1, -0.05) is 6.07 Å². The van der Waals surface area contributed by atoms with E-state index < -0.39 is 0 Å². The second kappa shape index (κ2) is 6.57. The van der Waals surface area contributed by atoms with Crippen LogP contribution in [0.15, 0.2) is 18.3 Å². The van der Waals surface area contributed by atoms with Crippen LogP contribution in [0.4, 0.5) is 0 Å². The molecule has 1 aliphatic heterocycles. The Kier molecular flexibility index (Phi) is 4.76. The topological polar surface area (TPSA) is 46.2 Å². The molecule has 0 aromatic carbocycles. The van der Waals surface area contributed by atoms with Crippen molar-refractivity contribution in [3.8, 4) is 5.88 Å². The van der Waals surface area contributed by atoms with Gasteiger partial charge in [-0.15, -0.1) is 0 Å². The second-order valence-electron chi connectivity index (χ2n) is 4.47. The Morgan fingerprint density at radius 3 is 3.12 bits per heavy atom. The molecule has 1 fully saturated rings. The zero-order valence-electron chi connectivity index (χ0n) is 10.4. The van der Waals surface area contributed by atoms with E-state index >= 15 is 0 Å². The summed E-state index contributed by atoms with van der Waals surface area (Å²) in [4.78, 5) is 4.20. The van der Waals surface area contributed by atoms with E-state index in [1.165, 1.54) is 24.8 Å². The Balaban J connectivity index is 1.79. The molecule has 1 aromatic heterocycles. The van der Waals surface area contributed by atoms with Gasteiger partial charge in [0, 0.05) is 24.8 Å². The number of nitrogens with zero attached hydrogens (tertiary/aromatic N) is 1. The largest absolute Gasteiger partial charge is 0.481 e. The van der Waals surface area contributed by atoms with Gasteiger partial charge in [0.2, 0.25) is 5.88 Å². The second-order valence-corrected chi connectivity index (χ2v) is 4.47. The van der Waals surface area contributed by atoms with Crippen LogP contribution in [-0.4, -0.2) is 31.2 Å². The first-order valence-electron chi connectivity index (χ1n) is 6.31. The van der Waals surface area contributed by atoms with Crippen LogP contribution in [0.5, 0.6) is 5.88 Å². The molecule has 17 heavy (non-hydrogen) atoms. The molecule has 1 saturated heterocycles. The molecule has 1 atom stereocenters. The molecular weight excluding hydrogens is 214 g/mol. The smallest absolute Gasteiger partial charge is 0.212 e. The van der Waals surface area contributed by atoms with Gasteiger partial charge in [0.25, 0.3) is 0 Å². The van der Waals surface area contributed by atoms with Crippen molar-refractivity contribution in [2.24, 2.45) is 0 Å². The fourth-order valence-corrected chi connectivity index (χ4v) is 2.12. The van der Waals surface area contributed by atoms with Gasteiger partial charge in [0.05, 0.1) is 7.11 Å². The molecule has 0 amide bonds. The highest BCUT2D eigenvalue weighted by atomic mass is 16.5. The summed E-state index contributed by atoms with van der Waals surface area (Å²) in [5, 5.41) is 7.02. The van der Waals surface area contributed by atoms with E-state index in [0.717, 1.165) is 19.6 Å². The Bertz CT molecular complexity index is 318. The van der Waals surface area contributed by atoms with E-state index in [2.05, 4.69) is 21.7 Å². The first kappa shape index (κ1) is 12.3. The van der Waals surface area contributed by atoms with Crippen molar-refractivity contribution in [2.75, 3.05) is 20.2 Å². The molecule has 0 aliphatic carbocycles. The minimum atomic E-state index is 0.632. The van der Waals surface area contributed by atoms with Crippen LogP contribution in [-0.2, 0) is 6.54 Å². The van der Waals surface area contributed by atoms with Crippen molar-refractivity contribution in [1.82, 2.24) is 15.6 Å². The summed E-state index contributed by atoms with van der Waals surface area (Å²) in [6, 6.07) is 4.60. The minimum absolute atomic E-state index is 0.632. The van der Waals surface area contributed by atoms with Gasteiger partial charge in [-0.3, -0.25) is 0 Å². The van der Waals surface area contributed by atoms with Crippen LogP contribution in [0.25, 0.3) is 0 Å². The van der Waals surface area contributed by atoms with Crippen molar-refractivity contribution in [1.29, 1.82) is 0 Å². The predicted octanol–water partition coefficient (Wildman–Crippen LogP) is 1.32. The van der Waals surface area contributed by atoms with Crippen molar-refractivity contribution in [2.45, 2.75) is 31.8 Å². The third-order valence-corrected chi connectivity index (χ3v) is 3.18. The summed E-state index contributed by atoms with van der Waals surface area (Å²) in [5.41, 5.74) is 1.21. The molecule has 2 N–H and O–H groups in total. The first-order chi connectivity index (χ1) is 8.38. The average Bonchev–Trinajstić information content (AvgIpc) is 2.65. The molecule has 0 bridgehead atoms. The predicted molar refractivity (Wildman–Crippen MR) is 68.1 cm³/mol. The standard InChI is InChI=1S/C13H21N3O/c1-17-13-5-4-11(10-16-13)9-15-12-3-2-7-14-8-6-12/h4-5,10,12,14-15H,2-3,6-9H2,1H3. The molecule has 1 aromatic rings. The molecule has 1 unspecified atom stereocenters. The Hall–Kier alpha value is -1.13. The zero-order valence-corrected chi connectivity index (χ0v) is 10.4. The maximum absolute atomic E-state index is 5.04. The number of hydrogen-bond donors (Lipinski definition) is 2. The highest BCUT2D eigenvalue weighted by Gasteiger charge is 2.10. The van der Waals surface area contributed by atoms with Crippen LogP contribution >= 0.6 is 0 Å². The Morgan fingerprint density at radius 2 is 2.35 bits per heavy atom. The number of ether oxygens (including phenoxy) is 1. The fourth-order valence-electron chi connectivity index (χ4n) is 2.12. The zero-order chi connectivity index (χ0) is 11.9. The number of aromatic nitrogens is 1. The van der Waals surface area contributed by atoms with Crippen LogP contribution in [0, 0.1) is 0 Å². The van der Waals surface area contributed by atoms with Gasteiger partial charge in [-0.25, -0.2) is 4.98 Å². The monoisotopic (exact) mass is 235 g/mol. The van der Waals surface area contributed by atoms with Crippen LogP contribution in [0.1, 0.15) is 24.8 Å². The normalized spacial score (nSPS) is 20.9. The molecule has 0 spiro atoms. The van der Waals surface area contributed by atoms with Gasteiger partial charge < -0.3 is 15.4 Å². The summed E-state index contributed by atoms with van der Waals surface area (Å²) in [7, 11) is 1.64. The first-order valence-corrected chi connectivity index (χ1v) is 6.31. The number of methoxy groups -OCH3 is 1. The van der Waals surface area contributed by atoms with Crippen molar-refractivity contribution in [3.63, 3.8) is 0 Å². The van der Waals surface area contributed by atoms with E-state index in [-0.39, 0.29) is 0 Å². The summed E-state index contributed by atoms with van der Waals surface area (Å²) in [5.74, 6) is 0.674. The highest BCUT2D eigenvalue weighted by molar-refractivity contribution is 5.17. The minimum Gasteiger partial charge on any atom is -0.481 e. The third-order valence-electron chi connectivity index (χ3n) is 3.18. The SMILES string of the molecule is COc1ccc(CNC2CCCNCC2)cn1. The molecule has 0 radical (unpaired) electrons. The van der Waals surface area contributed by atoms with E-state index in [4.69, 9.17) is 4.74 Å². The molecule has 94 valence electrons. The molecule has 4 nitrogen and oxygen atoms in total. The third kappa shape index (κ3) is 3.98. The lowest BCUT2D eigenvalue weighted by Crippen LogP contribution is -2.29. The quantitative estimate of drug-likeness (QED) is 0.826. The summed E-state index contributed by atoms with van der Waals surface area (Å²) in [6.07, 6.45) is 5.61. The van der Waals surface area contributed by atoms with E-state index in [1.54, 1.807) is 7.11 Å². The maximum Gasteiger partial charge on any atom is 0.212 e. The number of pyridine rings is 1. The summed E-state index contributed by atoms with van der Waals surface area (Å²) in [6.45, 7) is 3.17. The molecular formula is C13H21N3O. The highest BCUT2D eigenvalue weighted by Crippen LogP contribution is 2.09. The van der Waals surface area contributed by atoms with Gasteiger partial charge in [0.1, 0.15) is 0 Å².